The van der Waals surface area contributed by atoms with Crippen molar-refractivity contribution in [1.82, 2.24) is 0 Å². The molecule has 0 N–H and O–H groups in total. The molecule has 0 aliphatic rings. The zero-order valence-corrected chi connectivity index (χ0v) is 8.92. The first-order valence-corrected chi connectivity index (χ1v) is 4.90. The maximum atomic E-state index is 13.3. The number of ketones is 2. The first-order valence-electron chi connectivity index (χ1n) is 4.52. The van der Waals surface area contributed by atoms with Crippen LogP contribution in [0.5, 0.6) is 0 Å². The van der Waals surface area contributed by atoms with E-state index in [1.807, 2.05) is 0 Å². The second-order valence-electron chi connectivity index (χ2n) is 3.06. The van der Waals surface area contributed by atoms with Gasteiger partial charge in [0.2, 0.25) is 12.0 Å². The van der Waals surface area contributed by atoms with Gasteiger partial charge in [0.25, 0.3) is 0 Å². The largest absolute Gasteiger partial charge is 0.296 e. The highest BCUT2D eigenvalue weighted by Crippen LogP contribution is 2.14. The second kappa shape index (κ2) is 5.03. The molecule has 0 spiro atoms. The van der Waals surface area contributed by atoms with Crippen LogP contribution in [0.15, 0.2) is 24.3 Å². The van der Waals surface area contributed by atoms with Gasteiger partial charge in [-0.15, -0.1) is 0 Å². The Hall–Kier alpha value is -1.22. The SMILES string of the molecule is CCC(=O)C(F)C(=O)c1cccc(Cl)c1. The van der Waals surface area contributed by atoms with Crippen molar-refractivity contribution in [3.8, 4) is 0 Å². The molecule has 0 radical (unpaired) electrons. The quantitative estimate of drug-likeness (QED) is 0.587. The molecule has 1 atom stereocenters. The summed E-state index contributed by atoms with van der Waals surface area (Å²) in [6.45, 7) is 1.51. The fraction of sp³-hybridized carbons (Fsp3) is 0.273. The minimum absolute atomic E-state index is 0.00741. The molecule has 0 aliphatic carbocycles. The Morgan fingerprint density at radius 3 is 2.67 bits per heavy atom. The Morgan fingerprint density at radius 1 is 1.47 bits per heavy atom. The molecule has 1 unspecified atom stereocenters. The van der Waals surface area contributed by atoms with Crippen molar-refractivity contribution in [2.24, 2.45) is 0 Å². The summed E-state index contributed by atoms with van der Waals surface area (Å²) in [5.74, 6) is -1.54. The molecule has 80 valence electrons. The molecule has 2 nitrogen and oxygen atoms in total. The van der Waals surface area contributed by atoms with E-state index >= 15 is 0 Å². The van der Waals surface area contributed by atoms with Gasteiger partial charge in [0, 0.05) is 17.0 Å². The van der Waals surface area contributed by atoms with Crippen molar-refractivity contribution < 1.29 is 14.0 Å². The first-order chi connectivity index (χ1) is 7.06. The number of carbonyl (C=O) groups is 2. The van der Waals surface area contributed by atoms with Crippen LogP contribution in [-0.2, 0) is 4.79 Å². The van der Waals surface area contributed by atoms with E-state index in [0.29, 0.717) is 5.02 Å². The first kappa shape index (κ1) is 11.9. The number of benzene rings is 1. The molecule has 1 aromatic rings. The Bertz CT molecular complexity index is 390. The van der Waals surface area contributed by atoms with Crippen molar-refractivity contribution in [3.63, 3.8) is 0 Å². The molecule has 0 aliphatic heterocycles. The molecule has 1 rings (SSSR count). The van der Waals surface area contributed by atoms with E-state index in [2.05, 4.69) is 0 Å². The molecule has 0 amide bonds. The average molecular weight is 229 g/mol. The van der Waals surface area contributed by atoms with E-state index in [0.717, 1.165) is 0 Å². The highest BCUT2D eigenvalue weighted by atomic mass is 35.5. The molecule has 4 heteroatoms. The van der Waals surface area contributed by atoms with Crippen molar-refractivity contribution >= 4 is 23.2 Å². The fourth-order valence-corrected chi connectivity index (χ4v) is 1.30. The van der Waals surface area contributed by atoms with Gasteiger partial charge < -0.3 is 0 Å². The van der Waals surface area contributed by atoms with Crippen LogP contribution in [0.25, 0.3) is 0 Å². The Morgan fingerprint density at radius 2 is 2.13 bits per heavy atom. The average Bonchev–Trinajstić information content (AvgIpc) is 2.26. The number of rotatable bonds is 4. The third-order valence-corrected chi connectivity index (χ3v) is 2.21. The van der Waals surface area contributed by atoms with Crippen LogP contribution >= 0.6 is 11.6 Å². The smallest absolute Gasteiger partial charge is 0.220 e. The summed E-state index contributed by atoms with van der Waals surface area (Å²) >= 11 is 5.65. The third-order valence-electron chi connectivity index (χ3n) is 1.97. The monoisotopic (exact) mass is 228 g/mol. The van der Waals surface area contributed by atoms with Crippen LogP contribution in [0.2, 0.25) is 5.02 Å². The molecule has 0 fully saturated rings. The van der Waals surface area contributed by atoms with Crippen LogP contribution in [0.3, 0.4) is 0 Å². The molecule has 0 bridgehead atoms. The van der Waals surface area contributed by atoms with Gasteiger partial charge in [0.1, 0.15) is 0 Å². The van der Waals surface area contributed by atoms with Crippen molar-refractivity contribution in [3.05, 3.63) is 34.9 Å². The van der Waals surface area contributed by atoms with E-state index in [9.17, 15) is 14.0 Å². The Balaban J connectivity index is 2.90. The topological polar surface area (TPSA) is 34.1 Å². The summed E-state index contributed by atoms with van der Waals surface area (Å²) in [7, 11) is 0. The van der Waals surface area contributed by atoms with Gasteiger partial charge in [-0.1, -0.05) is 30.7 Å². The standard InChI is InChI=1S/C11H10ClFO2/c1-2-9(14)10(13)11(15)7-4-3-5-8(12)6-7/h3-6,10H,2H2,1H3. The van der Waals surface area contributed by atoms with Gasteiger partial charge in [0.15, 0.2) is 5.78 Å². The third kappa shape index (κ3) is 2.86. The van der Waals surface area contributed by atoms with Crippen molar-refractivity contribution in [2.45, 2.75) is 19.5 Å². The van der Waals surface area contributed by atoms with Gasteiger partial charge in [0.05, 0.1) is 0 Å². The molecule has 0 saturated heterocycles. The summed E-state index contributed by atoms with van der Waals surface area (Å²) in [5.41, 5.74) is 0.122. The maximum absolute atomic E-state index is 13.3. The minimum atomic E-state index is -2.08. The molecule has 1 aromatic carbocycles. The van der Waals surface area contributed by atoms with Gasteiger partial charge in [-0.2, -0.15) is 0 Å². The van der Waals surface area contributed by atoms with Gasteiger partial charge in [-0.3, -0.25) is 9.59 Å². The lowest BCUT2D eigenvalue weighted by atomic mass is 10.0. The van der Waals surface area contributed by atoms with Crippen LogP contribution in [0.1, 0.15) is 23.7 Å². The fourth-order valence-electron chi connectivity index (χ4n) is 1.11. The number of hydrogen-bond acceptors (Lipinski definition) is 2. The van der Waals surface area contributed by atoms with E-state index in [1.54, 1.807) is 12.1 Å². The Labute approximate surface area is 92.0 Å². The summed E-state index contributed by atoms with van der Waals surface area (Å²) in [5, 5.41) is 0.344. The molecular weight excluding hydrogens is 219 g/mol. The highest BCUT2D eigenvalue weighted by Gasteiger charge is 2.25. The van der Waals surface area contributed by atoms with Crippen LogP contribution in [0, 0.1) is 0 Å². The zero-order valence-electron chi connectivity index (χ0n) is 8.17. The van der Waals surface area contributed by atoms with Crippen LogP contribution < -0.4 is 0 Å². The lowest BCUT2D eigenvalue weighted by molar-refractivity contribution is -0.121. The molecular formula is C11H10ClFO2. The minimum Gasteiger partial charge on any atom is -0.296 e. The maximum Gasteiger partial charge on any atom is 0.220 e. The summed E-state index contributed by atoms with van der Waals surface area (Å²) in [4.78, 5) is 22.4. The predicted octanol–water partition coefficient (Wildman–Crippen LogP) is 2.84. The van der Waals surface area contributed by atoms with Gasteiger partial charge in [-0.25, -0.2) is 4.39 Å². The second-order valence-corrected chi connectivity index (χ2v) is 3.49. The van der Waals surface area contributed by atoms with Crippen molar-refractivity contribution in [2.75, 3.05) is 0 Å². The number of carbonyl (C=O) groups excluding carboxylic acids is 2. The van der Waals surface area contributed by atoms with E-state index in [1.165, 1.54) is 19.1 Å². The summed E-state index contributed by atoms with van der Waals surface area (Å²) in [6, 6.07) is 5.90. The number of halogens is 2. The molecule has 0 saturated carbocycles. The zero-order chi connectivity index (χ0) is 11.4. The lowest BCUT2D eigenvalue weighted by Crippen LogP contribution is -2.25. The Kier molecular flexibility index (Phi) is 3.97. The normalized spacial score (nSPS) is 12.2. The van der Waals surface area contributed by atoms with Crippen LogP contribution in [-0.4, -0.2) is 17.7 Å². The molecule has 0 heterocycles. The van der Waals surface area contributed by atoms with Crippen LogP contribution in [0.4, 0.5) is 4.39 Å². The summed E-state index contributed by atoms with van der Waals surface area (Å²) < 4.78 is 13.3. The molecule has 15 heavy (non-hydrogen) atoms. The lowest BCUT2D eigenvalue weighted by Gasteiger charge is -2.04. The number of hydrogen-bond donors (Lipinski definition) is 0. The van der Waals surface area contributed by atoms with E-state index < -0.39 is 17.7 Å². The van der Waals surface area contributed by atoms with Crippen molar-refractivity contribution in [1.29, 1.82) is 0 Å². The summed E-state index contributed by atoms with van der Waals surface area (Å²) in [6.07, 6.45) is -2.07. The van der Waals surface area contributed by atoms with Gasteiger partial charge in [-0.05, 0) is 12.1 Å². The molecule has 0 aromatic heterocycles. The number of Topliss-reactive ketones (excluding diaryl/α,β-unsaturated/α-hetero) is 2. The van der Waals surface area contributed by atoms with E-state index in [-0.39, 0.29) is 12.0 Å². The predicted molar refractivity (Wildman–Crippen MR) is 56.0 cm³/mol. The van der Waals surface area contributed by atoms with Gasteiger partial charge >= 0.3 is 0 Å². The van der Waals surface area contributed by atoms with E-state index in [4.69, 9.17) is 11.6 Å². The highest BCUT2D eigenvalue weighted by molar-refractivity contribution is 6.31. The number of alkyl halides is 1.